The zero-order valence-corrected chi connectivity index (χ0v) is 8.62. The lowest BCUT2D eigenvalue weighted by Gasteiger charge is -2.12. The number of rotatable bonds is 7. The van der Waals surface area contributed by atoms with Gasteiger partial charge in [-0.05, 0) is 12.8 Å². The molecule has 1 fully saturated rings. The molecule has 0 radical (unpaired) electrons. The Morgan fingerprint density at radius 1 is 1.40 bits per heavy atom. The highest BCUT2D eigenvalue weighted by Crippen LogP contribution is 2.44. The van der Waals surface area contributed by atoms with Crippen LogP contribution in [0.3, 0.4) is 0 Å². The molecule has 2 amide bonds. The molecule has 0 atom stereocenters. The molecule has 0 spiro atoms. The lowest BCUT2D eigenvalue weighted by molar-refractivity contribution is -0.126. The van der Waals surface area contributed by atoms with Crippen molar-refractivity contribution in [3.63, 3.8) is 0 Å². The molecule has 0 bridgehead atoms. The van der Waals surface area contributed by atoms with Crippen LogP contribution in [-0.4, -0.2) is 38.1 Å². The Morgan fingerprint density at radius 2 is 2.07 bits per heavy atom. The summed E-state index contributed by atoms with van der Waals surface area (Å²) in [6.07, 6.45) is 1.72. The van der Waals surface area contributed by atoms with Gasteiger partial charge in [-0.25, -0.2) is 0 Å². The SMILES string of the molecule is NCC1(C(=O)NCCOCC(N)=O)CC1. The van der Waals surface area contributed by atoms with E-state index in [4.69, 9.17) is 16.2 Å². The third-order valence-corrected chi connectivity index (χ3v) is 2.50. The first-order valence-corrected chi connectivity index (χ1v) is 4.95. The maximum absolute atomic E-state index is 11.5. The van der Waals surface area contributed by atoms with Crippen LogP contribution in [0, 0.1) is 5.41 Å². The number of nitrogens with two attached hydrogens (primary N) is 2. The molecule has 1 saturated carbocycles. The molecule has 0 aromatic carbocycles. The second-order valence-corrected chi connectivity index (χ2v) is 3.76. The van der Waals surface area contributed by atoms with Crippen molar-refractivity contribution in [1.29, 1.82) is 0 Å². The van der Waals surface area contributed by atoms with Gasteiger partial charge in [0.25, 0.3) is 0 Å². The zero-order valence-electron chi connectivity index (χ0n) is 8.62. The van der Waals surface area contributed by atoms with Crippen molar-refractivity contribution in [2.24, 2.45) is 16.9 Å². The third-order valence-electron chi connectivity index (χ3n) is 2.50. The van der Waals surface area contributed by atoms with E-state index in [0.717, 1.165) is 12.8 Å². The van der Waals surface area contributed by atoms with Gasteiger partial charge in [0.15, 0.2) is 0 Å². The smallest absolute Gasteiger partial charge is 0.243 e. The van der Waals surface area contributed by atoms with Crippen molar-refractivity contribution >= 4 is 11.8 Å². The number of ether oxygens (including phenoxy) is 1. The monoisotopic (exact) mass is 215 g/mol. The highest BCUT2D eigenvalue weighted by molar-refractivity contribution is 5.85. The van der Waals surface area contributed by atoms with E-state index in [9.17, 15) is 9.59 Å². The van der Waals surface area contributed by atoms with Gasteiger partial charge < -0.3 is 21.5 Å². The van der Waals surface area contributed by atoms with Gasteiger partial charge in [0.2, 0.25) is 11.8 Å². The molecule has 0 aromatic heterocycles. The van der Waals surface area contributed by atoms with Crippen LogP contribution in [0.4, 0.5) is 0 Å². The standard InChI is InChI=1S/C9H17N3O3/c10-6-9(1-2-9)8(14)12-3-4-15-5-7(11)13/h1-6,10H2,(H2,11,13)(H,12,14). The van der Waals surface area contributed by atoms with Crippen LogP contribution in [0.25, 0.3) is 0 Å². The number of hydrogen-bond acceptors (Lipinski definition) is 4. The minimum Gasteiger partial charge on any atom is -0.370 e. The van der Waals surface area contributed by atoms with Gasteiger partial charge in [0.05, 0.1) is 12.0 Å². The zero-order chi connectivity index (χ0) is 11.3. The predicted octanol–water partition coefficient (Wildman–Crippen LogP) is -1.66. The van der Waals surface area contributed by atoms with Crippen LogP contribution in [0.1, 0.15) is 12.8 Å². The molecule has 0 aromatic rings. The van der Waals surface area contributed by atoms with Crippen LogP contribution in [-0.2, 0) is 14.3 Å². The number of carbonyl (C=O) groups excluding carboxylic acids is 2. The van der Waals surface area contributed by atoms with E-state index >= 15 is 0 Å². The van der Waals surface area contributed by atoms with Crippen molar-refractivity contribution in [1.82, 2.24) is 5.32 Å². The van der Waals surface area contributed by atoms with Gasteiger partial charge in [-0.2, -0.15) is 0 Å². The highest BCUT2D eigenvalue weighted by Gasteiger charge is 2.48. The molecule has 1 rings (SSSR count). The van der Waals surface area contributed by atoms with E-state index in [1.165, 1.54) is 0 Å². The second kappa shape index (κ2) is 5.09. The lowest BCUT2D eigenvalue weighted by atomic mass is 10.1. The van der Waals surface area contributed by atoms with Gasteiger partial charge in [0.1, 0.15) is 6.61 Å². The Labute approximate surface area is 88.3 Å². The first-order valence-electron chi connectivity index (χ1n) is 4.95. The van der Waals surface area contributed by atoms with Crippen molar-refractivity contribution in [3.8, 4) is 0 Å². The average Bonchev–Trinajstić information content (AvgIpc) is 2.97. The highest BCUT2D eigenvalue weighted by atomic mass is 16.5. The maximum Gasteiger partial charge on any atom is 0.243 e. The number of amides is 2. The van der Waals surface area contributed by atoms with Crippen LogP contribution in [0.15, 0.2) is 0 Å². The van der Waals surface area contributed by atoms with Crippen LogP contribution in [0.5, 0.6) is 0 Å². The fourth-order valence-electron chi connectivity index (χ4n) is 1.27. The molecular weight excluding hydrogens is 198 g/mol. The quantitative estimate of drug-likeness (QED) is 0.442. The molecule has 15 heavy (non-hydrogen) atoms. The van der Waals surface area contributed by atoms with E-state index < -0.39 is 5.91 Å². The van der Waals surface area contributed by atoms with E-state index in [1.54, 1.807) is 0 Å². The molecule has 0 aliphatic heterocycles. The summed E-state index contributed by atoms with van der Waals surface area (Å²) >= 11 is 0. The number of carbonyl (C=O) groups is 2. The second-order valence-electron chi connectivity index (χ2n) is 3.76. The van der Waals surface area contributed by atoms with E-state index in [-0.39, 0.29) is 24.5 Å². The molecule has 6 nitrogen and oxygen atoms in total. The van der Waals surface area contributed by atoms with Crippen LogP contribution >= 0.6 is 0 Å². The summed E-state index contributed by atoms with van der Waals surface area (Å²) in [4.78, 5) is 21.8. The summed E-state index contributed by atoms with van der Waals surface area (Å²) in [5.74, 6) is -0.533. The molecule has 1 aliphatic carbocycles. The Kier molecular flexibility index (Phi) is 4.05. The molecule has 0 unspecified atom stereocenters. The summed E-state index contributed by atoms with van der Waals surface area (Å²) in [7, 11) is 0. The van der Waals surface area contributed by atoms with Crippen molar-refractivity contribution in [2.45, 2.75) is 12.8 Å². The van der Waals surface area contributed by atoms with Gasteiger partial charge >= 0.3 is 0 Å². The summed E-state index contributed by atoms with van der Waals surface area (Å²) < 4.78 is 4.89. The summed E-state index contributed by atoms with van der Waals surface area (Å²) in [5, 5.41) is 2.71. The fourth-order valence-corrected chi connectivity index (χ4v) is 1.27. The van der Waals surface area contributed by atoms with Crippen LogP contribution < -0.4 is 16.8 Å². The summed E-state index contributed by atoms with van der Waals surface area (Å²) in [5.41, 5.74) is 10.0. The minimum atomic E-state index is -0.512. The molecule has 6 heteroatoms. The first kappa shape index (κ1) is 11.9. The number of hydrogen-bond donors (Lipinski definition) is 3. The Balaban J connectivity index is 2.05. The van der Waals surface area contributed by atoms with Crippen molar-refractivity contribution in [3.05, 3.63) is 0 Å². The molecular formula is C9H17N3O3. The fraction of sp³-hybridized carbons (Fsp3) is 0.778. The minimum absolute atomic E-state index is 0.0207. The molecule has 1 aliphatic rings. The molecule has 0 saturated heterocycles. The summed E-state index contributed by atoms with van der Waals surface area (Å²) in [6, 6.07) is 0. The van der Waals surface area contributed by atoms with Gasteiger partial charge in [-0.3, -0.25) is 9.59 Å². The van der Waals surface area contributed by atoms with Gasteiger partial charge in [-0.15, -0.1) is 0 Å². The largest absolute Gasteiger partial charge is 0.370 e. The number of primary amides is 1. The molecule has 0 heterocycles. The van der Waals surface area contributed by atoms with Gasteiger partial charge in [-0.1, -0.05) is 0 Å². The third kappa shape index (κ3) is 3.49. The maximum atomic E-state index is 11.5. The van der Waals surface area contributed by atoms with Crippen molar-refractivity contribution in [2.75, 3.05) is 26.3 Å². The molecule has 5 N–H and O–H groups in total. The summed E-state index contributed by atoms with van der Waals surface area (Å²) in [6.45, 7) is 0.947. The van der Waals surface area contributed by atoms with E-state index in [1.807, 2.05) is 0 Å². The number of nitrogens with one attached hydrogen (secondary N) is 1. The van der Waals surface area contributed by atoms with Gasteiger partial charge in [0, 0.05) is 13.1 Å². The Morgan fingerprint density at radius 3 is 2.53 bits per heavy atom. The van der Waals surface area contributed by atoms with Crippen molar-refractivity contribution < 1.29 is 14.3 Å². The topological polar surface area (TPSA) is 107 Å². The predicted molar refractivity (Wildman–Crippen MR) is 53.7 cm³/mol. The lowest BCUT2D eigenvalue weighted by Crippen LogP contribution is -2.38. The van der Waals surface area contributed by atoms with Crippen LogP contribution in [0.2, 0.25) is 0 Å². The Bertz CT molecular complexity index is 251. The first-order chi connectivity index (χ1) is 7.10. The molecule has 86 valence electrons. The van der Waals surface area contributed by atoms with E-state index in [0.29, 0.717) is 13.1 Å². The normalized spacial score (nSPS) is 17.1. The Hall–Kier alpha value is -1.14. The van der Waals surface area contributed by atoms with E-state index in [2.05, 4.69) is 5.32 Å². The average molecular weight is 215 g/mol.